The van der Waals surface area contributed by atoms with Gasteiger partial charge in [-0.05, 0) is 43.0 Å². The summed E-state index contributed by atoms with van der Waals surface area (Å²) in [6.45, 7) is 2.34. The number of rotatable bonds is 3. The Kier molecular flexibility index (Phi) is 3.55. The van der Waals surface area contributed by atoms with Crippen LogP contribution in [0, 0.1) is 5.92 Å². The second kappa shape index (κ2) is 5.33. The fraction of sp³-hybridized carbons (Fsp3) is 0.571. The van der Waals surface area contributed by atoms with E-state index >= 15 is 0 Å². The van der Waals surface area contributed by atoms with Gasteiger partial charge in [-0.3, -0.25) is 0 Å². The van der Waals surface area contributed by atoms with E-state index in [-0.39, 0.29) is 0 Å². The van der Waals surface area contributed by atoms with Crippen LogP contribution in [0.3, 0.4) is 0 Å². The summed E-state index contributed by atoms with van der Waals surface area (Å²) in [5.41, 5.74) is 0. The van der Waals surface area contributed by atoms with Crippen LogP contribution in [0.4, 0.5) is 11.8 Å². The van der Waals surface area contributed by atoms with Gasteiger partial charge in [0.15, 0.2) is 0 Å². The largest absolute Gasteiger partial charge is 0.367 e. The Balaban J connectivity index is 1.85. The van der Waals surface area contributed by atoms with E-state index in [1.165, 1.54) is 25.7 Å². The lowest BCUT2D eigenvalue weighted by atomic mass is 9.87. The van der Waals surface area contributed by atoms with Gasteiger partial charge < -0.3 is 10.6 Å². The average molecular weight is 276 g/mol. The highest BCUT2D eigenvalue weighted by Crippen LogP contribution is 2.30. The number of hydrogen-bond donors (Lipinski definition) is 2. The molecular weight excluding hydrogens is 256 g/mol. The van der Waals surface area contributed by atoms with Crippen LogP contribution in [-0.2, 0) is 0 Å². The molecule has 0 aromatic carbocycles. The van der Waals surface area contributed by atoms with Crippen molar-refractivity contribution in [2.75, 3.05) is 17.7 Å². The third kappa shape index (κ3) is 2.66. The third-order valence-corrected chi connectivity index (χ3v) is 4.71. The van der Waals surface area contributed by atoms with Gasteiger partial charge in [0.25, 0.3) is 0 Å². The van der Waals surface area contributed by atoms with Crippen LogP contribution in [0.25, 0.3) is 10.2 Å². The molecule has 19 heavy (non-hydrogen) atoms. The van der Waals surface area contributed by atoms with Gasteiger partial charge in [0, 0.05) is 13.1 Å². The first-order valence-electron chi connectivity index (χ1n) is 6.96. The van der Waals surface area contributed by atoms with Crippen LogP contribution in [-0.4, -0.2) is 23.1 Å². The zero-order chi connectivity index (χ0) is 13.2. The monoisotopic (exact) mass is 276 g/mol. The van der Waals surface area contributed by atoms with Gasteiger partial charge in [-0.1, -0.05) is 6.92 Å². The van der Waals surface area contributed by atoms with Gasteiger partial charge in [0.05, 0.1) is 5.39 Å². The summed E-state index contributed by atoms with van der Waals surface area (Å²) >= 11 is 1.66. The van der Waals surface area contributed by atoms with Crippen LogP contribution in [0.5, 0.6) is 0 Å². The second-order valence-electron chi connectivity index (χ2n) is 5.39. The van der Waals surface area contributed by atoms with Crippen LogP contribution in [0.1, 0.15) is 32.6 Å². The highest BCUT2D eigenvalue weighted by atomic mass is 32.1. The number of nitrogens with zero attached hydrogens (tertiary/aromatic N) is 2. The van der Waals surface area contributed by atoms with E-state index in [4.69, 9.17) is 0 Å². The Morgan fingerprint density at radius 2 is 2.00 bits per heavy atom. The molecule has 4 nitrogen and oxygen atoms in total. The van der Waals surface area contributed by atoms with Crippen molar-refractivity contribution in [2.45, 2.75) is 38.6 Å². The third-order valence-electron chi connectivity index (χ3n) is 3.91. The molecule has 0 amide bonds. The molecule has 5 heteroatoms. The molecular formula is C14H20N4S. The molecule has 0 bridgehead atoms. The number of thiophene rings is 1. The number of aromatic nitrogens is 2. The van der Waals surface area contributed by atoms with Crippen LogP contribution >= 0.6 is 11.3 Å². The van der Waals surface area contributed by atoms with Gasteiger partial charge in [0.1, 0.15) is 10.6 Å². The first-order chi connectivity index (χ1) is 9.26. The van der Waals surface area contributed by atoms with Crippen molar-refractivity contribution in [2.24, 2.45) is 5.92 Å². The zero-order valence-electron chi connectivity index (χ0n) is 11.4. The maximum Gasteiger partial charge on any atom is 0.225 e. The van der Waals surface area contributed by atoms with Crippen molar-refractivity contribution in [1.82, 2.24) is 9.97 Å². The summed E-state index contributed by atoms with van der Waals surface area (Å²) in [6, 6.07) is 2.66. The number of nitrogens with one attached hydrogen (secondary N) is 2. The van der Waals surface area contributed by atoms with E-state index in [9.17, 15) is 0 Å². The Hall–Kier alpha value is -1.36. The lowest BCUT2D eigenvalue weighted by Gasteiger charge is -2.27. The van der Waals surface area contributed by atoms with Crippen LogP contribution in [0.2, 0.25) is 0 Å². The molecule has 0 aliphatic heterocycles. The first-order valence-corrected chi connectivity index (χ1v) is 7.83. The van der Waals surface area contributed by atoms with Crippen LogP contribution < -0.4 is 10.6 Å². The van der Waals surface area contributed by atoms with E-state index in [0.29, 0.717) is 12.0 Å². The van der Waals surface area contributed by atoms with Gasteiger partial charge in [-0.2, -0.15) is 4.98 Å². The second-order valence-corrected chi connectivity index (χ2v) is 6.28. The van der Waals surface area contributed by atoms with Crippen molar-refractivity contribution in [3.63, 3.8) is 0 Å². The average Bonchev–Trinajstić information content (AvgIpc) is 2.89. The molecule has 2 aromatic rings. The summed E-state index contributed by atoms with van der Waals surface area (Å²) in [5, 5.41) is 9.88. The molecule has 102 valence electrons. The van der Waals surface area contributed by atoms with Crippen molar-refractivity contribution < 1.29 is 0 Å². The summed E-state index contributed by atoms with van der Waals surface area (Å²) in [4.78, 5) is 10.1. The Labute approximate surface area is 117 Å². The van der Waals surface area contributed by atoms with Gasteiger partial charge in [0.2, 0.25) is 5.95 Å². The SMILES string of the molecule is CNc1nc(NC2CCC(C)CC2)c2ccsc2n1. The summed E-state index contributed by atoms with van der Waals surface area (Å²) in [6.07, 6.45) is 5.11. The minimum atomic E-state index is 0.555. The molecule has 0 spiro atoms. The predicted molar refractivity (Wildman–Crippen MR) is 82.0 cm³/mol. The summed E-state index contributed by atoms with van der Waals surface area (Å²) in [7, 11) is 1.86. The van der Waals surface area contributed by atoms with E-state index in [1.54, 1.807) is 11.3 Å². The predicted octanol–water partition coefficient (Wildman–Crippen LogP) is 3.72. The Morgan fingerprint density at radius 1 is 1.21 bits per heavy atom. The van der Waals surface area contributed by atoms with Gasteiger partial charge >= 0.3 is 0 Å². The lowest BCUT2D eigenvalue weighted by Crippen LogP contribution is -2.25. The molecule has 0 radical (unpaired) electrons. The minimum absolute atomic E-state index is 0.555. The topological polar surface area (TPSA) is 49.8 Å². The number of anilines is 2. The lowest BCUT2D eigenvalue weighted by molar-refractivity contribution is 0.361. The molecule has 1 aliphatic rings. The van der Waals surface area contributed by atoms with Crippen LogP contribution in [0.15, 0.2) is 11.4 Å². The van der Waals surface area contributed by atoms with Gasteiger partial charge in [-0.15, -0.1) is 11.3 Å². The smallest absolute Gasteiger partial charge is 0.225 e. The molecule has 0 unspecified atom stereocenters. The fourth-order valence-corrected chi connectivity index (χ4v) is 3.44. The van der Waals surface area contributed by atoms with Crippen molar-refractivity contribution in [3.05, 3.63) is 11.4 Å². The quantitative estimate of drug-likeness (QED) is 0.897. The minimum Gasteiger partial charge on any atom is -0.367 e. The van der Waals surface area contributed by atoms with Crippen molar-refractivity contribution in [1.29, 1.82) is 0 Å². The van der Waals surface area contributed by atoms with Crippen molar-refractivity contribution in [3.8, 4) is 0 Å². The van der Waals surface area contributed by atoms with E-state index < -0.39 is 0 Å². The van der Waals surface area contributed by atoms with Crippen molar-refractivity contribution >= 4 is 33.3 Å². The summed E-state index contributed by atoms with van der Waals surface area (Å²) < 4.78 is 0. The zero-order valence-corrected chi connectivity index (χ0v) is 12.3. The van der Waals surface area contributed by atoms with Gasteiger partial charge in [-0.25, -0.2) is 4.98 Å². The highest BCUT2D eigenvalue weighted by molar-refractivity contribution is 7.16. The maximum atomic E-state index is 4.58. The molecule has 0 saturated heterocycles. The first kappa shape index (κ1) is 12.7. The van der Waals surface area contributed by atoms with E-state index in [1.807, 2.05) is 7.05 Å². The molecule has 2 heterocycles. The Morgan fingerprint density at radius 3 is 2.74 bits per heavy atom. The molecule has 1 saturated carbocycles. The van der Waals surface area contributed by atoms with E-state index in [2.05, 4.69) is 39.0 Å². The normalized spacial score (nSPS) is 23.5. The summed E-state index contributed by atoms with van der Waals surface area (Å²) in [5.74, 6) is 2.55. The Bertz CT molecular complexity index is 558. The fourth-order valence-electron chi connectivity index (χ4n) is 2.67. The molecule has 1 fully saturated rings. The molecule has 2 aromatic heterocycles. The molecule has 1 aliphatic carbocycles. The highest BCUT2D eigenvalue weighted by Gasteiger charge is 2.19. The maximum absolute atomic E-state index is 4.58. The molecule has 3 rings (SSSR count). The number of hydrogen-bond acceptors (Lipinski definition) is 5. The standard InChI is InChI=1S/C14H20N4S/c1-9-3-5-10(6-4-9)16-12-11-7-8-19-13(11)18-14(15-2)17-12/h7-10H,3-6H2,1-2H3,(H2,15,16,17,18). The molecule has 0 atom stereocenters. The van der Waals surface area contributed by atoms with E-state index in [0.717, 1.165) is 22.0 Å². The number of fused-ring (bicyclic) bond motifs is 1. The molecule has 2 N–H and O–H groups in total.